The van der Waals surface area contributed by atoms with Crippen LogP contribution in [0.1, 0.15) is 22.8 Å². The van der Waals surface area contributed by atoms with Crippen molar-refractivity contribution in [2.45, 2.75) is 13.3 Å². The second-order valence-corrected chi connectivity index (χ2v) is 5.36. The molecule has 0 bridgehead atoms. The molecule has 0 saturated carbocycles. The zero-order valence-electron chi connectivity index (χ0n) is 13.3. The van der Waals surface area contributed by atoms with Gasteiger partial charge in [0.05, 0.1) is 12.7 Å². The van der Waals surface area contributed by atoms with Crippen LogP contribution in [-0.4, -0.2) is 13.0 Å². The molecule has 3 aromatic carbocycles. The maximum absolute atomic E-state index is 12.7. The number of nitrogens with one attached hydrogen (secondary N) is 1. The average Bonchev–Trinajstić information content (AvgIpc) is 2.60. The van der Waals surface area contributed by atoms with E-state index < -0.39 is 0 Å². The summed E-state index contributed by atoms with van der Waals surface area (Å²) in [6.45, 7) is 2.07. The molecule has 3 rings (SSSR count). The minimum atomic E-state index is -0.159. The van der Waals surface area contributed by atoms with Crippen LogP contribution < -0.4 is 10.1 Å². The predicted octanol–water partition coefficient (Wildman–Crippen LogP) is 4.66. The number of carbonyl (C=O) groups is 1. The molecule has 0 aliphatic heterocycles. The zero-order chi connectivity index (χ0) is 16.2. The first kappa shape index (κ1) is 15.1. The number of aryl methyl sites for hydroxylation is 1. The fourth-order valence-corrected chi connectivity index (χ4v) is 2.71. The Bertz CT molecular complexity index is 855. The zero-order valence-corrected chi connectivity index (χ0v) is 13.3. The minimum absolute atomic E-state index is 0.159. The van der Waals surface area contributed by atoms with Gasteiger partial charge in [-0.2, -0.15) is 0 Å². The molecule has 0 spiro atoms. The summed E-state index contributed by atoms with van der Waals surface area (Å²) in [5.41, 5.74) is 2.49. The van der Waals surface area contributed by atoms with E-state index in [1.807, 2.05) is 60.7 Å². The number of benzene rings is 3. The summed E-state index contributed by atoms with van der Waals surface area (Å²) in [5, 5.41) is 5.06. The summed E-state index contributed by atoms with van der Waals surface area (Å²) in [6.07, 6.45) is 0.866. The normalized spacial score (nSPS) is 10.5. The van der Waals surface area contributed by atoms with Crippen LogP contribution in [0.2, 0.25) is 0 Å². The molecule has 1 N–H and O–H groups in total. The molecule has 3 heteroatoms. The number of rotatable bonds is 4. The Labute approximate surface area is 135 Å². The highest BCUT2D eigenvalue weighted by molar-refractivity contribution is 6.09. The van der Waals surface area contributed by atoms with Crippen LogP contribution in [0.15, 0.2) is 60.7 Å². The molecule has 116 valence electrons. The van der Waals surface area contributed by atoms with Gasteiger partial charge in [-0.05, 0) is 41.0 Å². The molecular formula is C20H19NO2. The molecule has 0 atom stereocenters. The lowest BCUT2D eigenvalue weighted by atomic mass is 10.0. The van der Waals surface area contributed by atoms with Crippen molar-refractivity contribution in [1.82, 2.24) is 0 Å². The highest BCUT2D eigenvalue weighted by Crippen LogP contribution is 2.27. The first-order chi connectivity index (χ1) is 11.2. The van der Waals surface area contributed by atoms with Crippen molar-refractivity contribution >= 4 is 22.4 Å². The molecular weight excluding hydrogens is 286 g/mol. The van der Waals surface area contributed by atoms with Crippen molar-refractivity contribution in [3.63, 3.8) is 0 Å². The monoisotopic (exact) mass is 305 g/mol. The van der Waals surface area contributed by atoms with Crippen molar-refractivity contribution in [3.8, 4) is 5.75 Å². The van der Waals surface area contributed by atoms with Gasteiger partial charge in [0.25, 0.3) is 5.91 Å². The summed E-state index contributed by atoms with van der Waals surface area (Å²) in [7, 11) is 1.58. The molecule has 1 amide bonds. The number of carbonyl (C=O) groups excluding carboxylic acids is 1. The molecule has 0 radical (unpaired) electrons. The maximum atomic E-state index is 12.7. The molecule has 0 saturated heterocycles. The van der Waals surface area contributed by atoms with Gasteiger partial charge in [-0.15, -0.1) is 0 Å². The van der Waals surface area contributed by atoms with E-state index in [0.29, 0.717) is 11.3 Å². The van der Waals surface area contributed by atoms with E-state index in [9.17, 15) is 4.79 Å². The van der Waals surface area contributed by atoms with E-state index in [-0.39, 0.29) is 5.91 Å². The molecule has 0 heterocycles. The van der Waals surface area contributed by atoms with Gasteiger partial charge in [0.1, 0.15) is 5.75 Å². The van der Waals surface area contributed by atoms with Gasteiger partial charge in [-0.1, -0.05) is 49.4 Å². The third-order valence-electron chi connectivity index (χ3n) is 3.96. The van der Waals surface area contributed by atoms with Gasteiger partial charge < -0.3 is 10.1 Å². The van der Waals surface area contributed by atoms with Crippen molar-refractivity contribution < 1.29 is 9.53 Å². The van der Waals surface area contributed by atoms with Crippen LogP contribution in [0.4, 0.5) is 5.69 Å². The summed E-state index contributed by atoms with van der Waals surface area (Å²) < 4.78 is 5.41. The Hall–Kier alpha value is -2.81. The number of anilines is 1. The van der Waals surface area contributed by atoms with Crippen LogP contribution in [0, 0.1) is 0 Å². The molecule has 0 aliphatic carbocycles. The molecule has 0 aliphatic rings. The minimum Gasteiger partial charge on any atom is -0.496 e. The second kappa shape index (κ2) is 6.53. The van der Waals surface area contributed by atoms with Crippen LogP contribution in [0.3, 0.4) is 0 Å². The van der Waals surface area contributed by atoms with Crippen LogP contribution in [-0.2, 0) is 6.42 Å². The van der Waals surface area contributed by atoms with Gasteiger partial charge >= 0.3 is 0 Å². The molecule has 0 aromatic heterocycles. The van der Waals surface area contributed by atoms with Crippen molar-refractivity contribution in [3.05, 3.63) is 71.8 Å². The van der Waals surface area contributed by atoms with Crippen LogP contribution in [0.5, 0.6) is 5.75 Å². The first-order valence-corrected chi connectivity index (χ1v) is 7.69. The molecule has 0 unspecified atom stereocenters. The lowest BCUT2D eigenvalue weighted by molar-refractivity contribution is 0.102. The maximum Gasteiger partial charge on any atom is 0.259 e. The highest BCUT2D eigenvalue weighted by Gasteiger charge is 2.14. The number of para-hydroxylation sites is 1. The lowest BCUT2D eigenvalue weighted by Gasteiger charge is -2.13. The van der Waals surface area contributed by atoms with E-state index in [0.717, 1.165) is 28.4 Å². The standard InChI is InChI=1S/C20H19NO2/c1-3-14-8-6-7-11-18(14)21-20(22)17-12-15-9-4-5-10-16(15)13-19(17)23-2/h4-13H,3H2,1-2H3,(H,21,22). The fraction of sp³-hybridized carbons (Fsp3) is 0.150. The first-order valence-electron chi connectivity index (χ1n) is 7.69. The Morgan fingerprint density at radius 2 is 1.65 bits per heavy atom. The van der Waals surface area contributed by atoms with Crippen molar-refractivity contribution in [2.75, 3.05) is 12.4 Å². The number of ether oxygens (including phenoxy) is 1. The number of methoxy groups -OCH3 is 1. The van der Waals surface area contributed by atoms with Crippen molar-refractivity contribution in [1.29, 1.82) is 0 Å². The number of hydrogen-bond donors (Lipinski definition) is 1. The van der Waals surface area contributed by atoms with Gasteiger partial charge in [0.2, 0.25) is 0 Å². The van der Waals surface area contributed by atoms with E-state index in [1.165, 1.54) is 0 Å². The van der Waals surface area contributed by atoms with Gasteiger partial charge in [0, 0.05) is 5.69 Å². The van der Waals surface area contributed by atoms with Crippen LogP contribution in [0.25, 0.3) is 10.8 Å². The summed E-state index contributed by atoms with van der Waals surface area (Å²) in [6, 6.07) is 19.5. The Balaban J connectivity index is 2.00. The number of hydrogen-bond acceptors (Lipinski definition) is 2. The van der Waals surface area contributed by atoms with E-state index >= 15 is 0 Å². The van der Waals surface area contributed by atoms with Gasteiger partial charge in [0.15, 0.2) is 0 Å². The second-order valence-electron chi connectivity index (χ2n) is 5.36. The van der Waals surface area contributed by atoms with Gasteiger partial charge in [-0.3, -0.25) is 4.79 Å². The smallest absolute Gasteiger partial charge is 0.259 e. The van der Waals surface area contributed by atoms with Gasteiger partial charge in [-0.25, -0.2) is 0 Å². The molecule has 0 fully saturated rings. The SMILES string of the molecule is CCc1ccccc1NC(=O)c1cc2ccccc2cc1OC. The highest BCUT2D eigenvalue weighted by atomic mass is 16.5. The molecule has 3 nitrogen and oxygen atoms in total. The summed E-state index contributed by atoms with van der Waals surface area (Å²) in [4.78, 5) is 12.7. The summed E-state index contributed by atoms with van der Waals surface area (Å²) in [5.74, 6) is 0.420. The average molecular weight is 305 g/mol. The van der Waals surface area contributed by atoms with E-state index in [2.05, 4.69) is 12.2 Å². The molecule has 23 heavy (non-hydrogen) atoms. The van der Waals surface area contributed by atoms with E-state index in [1.54, 1.807) is 7.11 Å². The Morgan fingerprint density at radius 3 is 2.35 bits per heavy atom. The third-order valence-corrected chi connectivity index (χ3v) is 3.96. The summed E-state index contributed by atoms with van der Waals surface area (Å²) >= 11 is 0. The quantitative estimate of drug-likeness (QED) is 0.761. The third kappa shape index (κ3) is 3.04. The Kier molecular flexibility index (Phi) is 4.29. The Morgan fingerprint density at radius 1 is 1.00 bits per heavy atom. The predicted molar refractivity (Wildman–Crippen MR) is 94.3 cm³/mol. The lowest BCUT2D eigenvalue weighted by Crippen LogP contribution is -2.14. The topological polar surface area (TPSA) is 38.3 Å². The largest absolute Gasteiger partial charge is 0.496 e. The molecule has 3 aromatic rings. The van der Waals surface area contributed by atoms with Crippen LogP contribution >= 0.6 is 0 Å². The number of amides is 1. The van der Waals surface area contributed by atoms with E-state index in [4.69, 9.17) is 4.74 Å². The fourth-order valence-electron chi connectivity index (χ4n) is 2.71. The number of fused-ring (bicyclic) bond motifs is 1. The van der Waals surface area contributed by atoms with Crippen molar-refractivity contribution in [2.24, 2.45) is 0 Å².